The molecule has 1 aromatic rings. The zero-order chi connectivity index (χ0) is 16.0. The summed E-state index contributed by atoms with van der Waals surface area (Å²) in [4.78, 5) is 12.9. The van der Waals surface area contributed by atoms with Gasteiger partial charge in [0, 0.05) is 29.5 Å². The fraction of sp³-hybridized carbons (Fsp3) is 0.533. The van der Waals surface area contributed by atoms with Gasteiger partial charge >= 0.3 is 5.97 Å². The van der Waals surface area contributed by atoms with Crippen LogP contribution in [0.15, 0.2) is 24.3 Å². The molecular weight excluding hydrogens is 311 g/mol. The maximum atomic E-state index is 10.8. The Bertz CT molecular complexity index is 439. The number of hydrogen-bond donors (Lipinski definition) is 2. The van der Waals surface area contributed by atoms with Gasteiger partial charge < -0.3 is 15.7 Å². The zero-order valence-electron chi connectivity index (χ0n) is 12.3. The summed E-state index contributed by atoms with van der Waals surface area (Å²) < 4.78 is 0. The Morgan fingerprint density at radius 1 is 1.19 bits per heavy atom. The van der Waals surface area contributed by atoms with Gasteiger partial charge in [0.05, 0.1) is 0 Å². The summed E-state index contributed by atoms with van der Waals surface area (Å²) in [5, 5.41) is 8.85. The van der Waals surface area contributed by atoms with Crippen LogP contribution >= 0.6 is 23.2 Å². The topological polar surface area (TPSA) is 66.6 Å². The number of anilines is 1. The number of alkyl halides is 2. The molecule has 3 unspecified atom stereocenters. The Balaban J connectivity index is 2.79. The van der Waals surface area contributed by atoms with E-state index in [2.05, 4.69) is 4.90 Å². The van der Waals surface area contributed by atoms with E-state index in [9.17, 15) is 4.79 Å². The summed E-state index contributed by atoms with van der Waals surface area (Å²) in [5.74, 6) is -0.993. The molecule has 3 atom stereocenters. The molecule has 0 radical (unpaired) electrons. The summed E-state index contributed by atoms with van der Waals surface area (Å²) in [6, 6.07) is 6.80. The van der Waals surface area contributed by atoms with Crippen molar-refractivity contribution in [2.24, 2.45) is 5.73 Å². The highest BCUT2D eigenvalue weighted by Gasteiger charge is 2.14. The van der Waals surface area contributed by atoms with E-state index in [4.69, 9.17) is 34.0 Å². The largest absolute Gasteiger partial charge is 0.480 e. The number of carbonyl (C=O) groups is 1. The van der Waals surface area contributed by atoms with Crippen molar-refractivity contribution in [2.45, 2.75) is 37.1 Å². The normalized spacial score (nSPS) is 15.3. The fourth-order valence-electron chi connectivity index (χ4n) is 2.08. The molecule has 0 aliphatic heterocycles. The minimum atomic E-state index is -0.993. The van der Waals surface area contributed by atoms with E-state index < -0.39 is 12.0 Å². The predicted octanol–water partition coefficient (Wildman–Crippen LogP) is 2.70. The Hall–Kier alpha value is -0.970. The number of halogens is 2. The average Bonchev–Trinajstić information content (AvgIpc) is 2.37. The summed E-state index contributed by atoms with van der Waals surface area (Å²) in [6.45, 7) is 5.28. The third kappa shape index (κ3) is 6.55. The van der Waals surface area contributed by atoms with E-state index in [0.29, 0.717) is 19.5 Å². The number of benzene rings is 1. The molecule has 0 bridgehead atoms. The first-order chi connectivity index (χ1) is 9.79. The predicted molar refractivity (Wildman–Crippen MR) is 88.6 cm³/mol. The summed E-state index contributed by atoms with van der Waals surface area (Å²) in [7, 11) is 0. The maximum Gasteiger partial charge on any atom is 0.320 e. The Kier molecular flexibility index (Phi) is 7.29. The monoisotopic (exact) mass is 332 g/mol. The molecule has 0 aromatic heterocycles. The quantitative estimate of drug-likeness (QED) is 0.718. The van der Waals surface area contributed by atoms with Gasteiger partial charge in [-0.25, -0.2) is 0 Å². The van der Waals surface area contributed by atoms with Crippen LogP contribution in [0.25, 0.3) is 0 Å². The van der Waals surface area contributed by atoms with E-state index in [-0.39, 0.29) is 10.8 Å². The number of rotatable bonds is 8. The van der Waals surface area contributed by atoms with Gasteiger partial charge in [-0.05, 0) is 38.0 Å². The smallest absolute Gasteiger partial charge is 0.320 e. The molecule has 0 spiro atoms. The second-order valence-electron chi connectivity index (χ2n) is 5.28. The van der Waals surface area contributed by atoms with Crippen LogP contribution in [0.3, 0.4) is 0 Å². The Labute approximate surface area is 135 Å². The van der Waals surface area contributed by atoms with Crippen LogP contribution in [0.5, 0.6) is 0 Å². The molecule has 0 saturated carbocycles. The fourth-order valence-corrected chi connectivity index (χ4v) is 2.41. The van der Waals surface area contributed by atoms with E-state index in [1.54, 1.807) is 0 Å². The van der Waals surface area contributed by atoms with Gasteiger partial charge in [0.1, 0.15) is 6.04 Å². The first-order valence-corrected chi connectivity index (χ1v) is 7.77. The van der Waals surface area contributed by atoms with Crippen molar-refractivity contribution in [1.29, 1.82) is 0 Å². The van der Waals surface area contributed by atoms with Crippen molar-refractivity contribution in [1.82, 2.24) is 0 Å². The first-order valence-electron chi connectivity index (χ1n) is 6.90. The van der Waals surface area contributed by atoms with Gasteiger partial charge in [0.2, 0.25) is 0 Å². The molecule has 0 amide bonds. The third-order valence-electron chi connectivity index (χ3n) is 3.02. The van der Waals surface area contributed by atoms with Crippen LogP contribution in [0.4, 0.5) is 5.69 Å². The zero-order valence-corrected chi connectivity index (χ0v) is 13.8. The lowest BCUT2D eigenvalue weighted by molar-refractivity contribution is -0.138. The van der Waals surface area contributed by atoms with Crippen molar-refractivity contribution in [3.8, 4) is 0 Å². The van der Waals surface area contributed by atoms with Crippen molar-refractivity contribution in [3.05, 3.63) is 29.8 Å². The molecule has 0 heterocycles. The maximum absolute atomic E-state index is 10.8. The molecular formula is C15H22Cl2N2O2. The number of carboxylic acid groups (broad SMARTS) is 1. The second-order valence-corrected chi connectivity index (χ2v) is 6.77. The van der Waals surface area contributed by atoms with Gasteiger partial charge in [0.15, 0.2) is 0 Å². The SMILES string of the molecule is CC(Cl)CN(CC(C)Cl)c1ccc(CC(N)C(=O)O)cc1. The van der Waals surface area contributed by atoms with E-state index in [0.717, 1.165) is 11.3 Å². The van der Waals surface area contributed by atoms with Gasteiger partial charge in [-0.2, -0.15) is 0 Å². The molecule has 0 aliphatic carbocycles. The molecule has 1 aromatic carbocycles. The third-order valence-corrected chi connectivity index (χ3v) is 3.29. The van der Waals surface area contributed by atoms with Gasteiger partial charge in [0.25, 0.3) is 0 Å². The van der Waals surface area contributed by atoms with Crippen LogP contribution < -0.4 is 10.6 Å². The number of aliphatic carboxylic acids is 1. The molecule has 0 fully saturated rings. The van der Waals surface area contributed by atoms with E-state index in [1.807, 2.05) is 38.1 Å². The summed E-state index contributed by atoms with van der Waals surface area (Å²) in [5.41, 5.74) is 7.44. The van der Waals surface area contributed by atoms with E-state index >= 15 is 0 Å². The van der Waals surface area contributed by atoms with Crippen molar-refractivity contribution in [3.63, 3.8) is 0 Å². The summed E-state index contributed by atoms with van der Waals surface area (Å²) >= 11 is 12.1. The lowest BCUT2D eigenvalue weighted by Crippen LogP contribution is -2.33. The van der Waals surface area contributed by atoms with Crippen LogP contribution in [0.1, 0.15) is 19.4 Å². The van der Waals surface area contributed by atoms with Crippen LogP contribution in [0, 0.1) is 0 Å². The number of hydrogen-bond acceptors (Lipinski definition) is 3. The van der Waals surface area contributed by atoms with Crippen LogP contribution in [-0.4, -0.2) is 41.0 Å². The highest BCUT2D eigenvalue weighted by Crippen LogP contribution is 2.19. The standard InChI is InChI=1S/C15H22Cl2N2O2/c1-10(16)8-19(9-11(2)17)13-5-3-12(4-6-13)7-14(18)15(20)21/h3-6,10-11,14H,7-9,18H2,1-2H3,(H,20,21). The lowest BCUT2D eigenvalue weighted by Gasteiger charge is -2.27. The number of nitrogens with zero attached hydrogens (tertiary/aromatic N) is 1. The lowest BCUT2D eigenvalue weighted by atomic mass is 10.1. The van der Waals surface area contributed by atoms with Crippen LogP contribution in [0.2, 0.25) is 0 Å². The Morgan fingerprint density at radius 3 is 2.05 bits per heavy atom. The molecule has 118 valence electrons. The van der Waals surface area contributed by atoms with Crippen LogP contribution in [-0.2, 0) is 11.2 Å². The van der Waals surface area contributed by atoms with Gasteiger partial charge in [-0.15, -0.1) is 23.2 Å². The first kappa shape index (κ1) is 18.1. The van der Waals surface area contributed by atoms with Crippen molar-refractivity contribution >= 4 is 34.9 Å². The molecule has 0 saturated heterocycles. The molecule has 0 aliphatic rings. The number of nitrogens with two attached hydrogens (primary N) is 1. The molecule has 1 rings (SSSR count). The molecule has 6 heteroatoms. The minimum Gasteiger partial charge on any atom is -0.480 e. The highest BCUT2D eigenvalue weighted by atomic mass is 35.5. The van der Waals surface area contributed by atoms with Gasteiger partial charge in [-0.1, -0.05) is 12.1 Å². The molecule has 4 nitrogen and oxygen atoms in total. The molecule has 21 heavy (non-hydrogen) atoms. The van der Waals surface area contributed by atoms with Crippen molar-refractivity contribution in [2.75, 3.05) is 18.0 Å². The average molecular weight is 333 g/mol. The minimum absolute atomic E-state index is 0.0144. The molecule has 3 N–H and O–H groups in total. The number of carboxylic acids is 1. The second kappa shape index (κ2) is 8.47. The summed E-state index contributed by atoms with van der Waals surface area (Å²) in [6.07, 6.45) is 0.313. The highest BCUT2D eigenvalue weighted by molar-refractivity contribution is 6.21. The van der Waals surface area contributed by atoms with E-state index in [1.165, 1.54) is 0 Å². The van der Waals surface area contributed by atoms with Crippen molar-refractivity contribution < 1.29 is 9.90 Å². The van der Waals surface area contributed by atoms with Gasteiger partial charge in [-0.3, -0.25) is 4.79 Å². The Morgan fingerprint density at radius 2 is 1.67 bits per heavy atom.